The third-order valence-corrected chi connectivity index (χ3v) is 2.12. The molecule has 76 valence electrons. The summed E-state index contributed by atoms with van der Waals surface area (Å²) >= 11 is 5.86. The highest BCUT2D eigenvalue weighted by atomic mass is 35.5. The summed E-state index contributed by atoms with van der Waals surface area (Å²) in [6, 6.07) is 5.60. The van der Waals surface area contributed by atoms with Gasteiger partial charge in [-0.25, -0.2) is 0 Å². The average molecular weight is 212 g/mol. The van der Waals surface area contributed by atoms with Crippen LogP contribution in [0.4, 0.5) is 5.69 Å². The van der Waals surface area contributed by atoms with E-state index in [1.807, 2.05) is 18.2 Å². The summed E-state index contributed by atoms with van der Waals surface area (Å²) < 4.78 is 0. The molecule has 3 heteroatoms. The molecule has 0 amide bonds. The molecule has 0 fully saturated rings. The molecule has 0 saturated heterocycles. The van der Waals surface area contributed by atoms with Crippen molar-refractivity contribution in [1.29, 1.82) is 0 Å². The van der Waals surface area contributed by atoms with Crippen LogP contribution in [0.25, 0.3) is 6.08 Å². The van der Waals surface area contributed by atoms with E-state index in [2.05, 4.69) is 11.9 Å². The number of rotatable bonds is 5. The van der Waals surface area contributed by atoms with Crippen LogP contribution in [-0.4, -0.2) is 18.3 Å². The predicted molar refractivity (Wildman–Crippen MR) is 61.7 cm³/mol. The Labute approximate surface area is 89.2 Å². The van der Waals surface area contributed by atoms with Gasteiger partial charge in [-0.15, -0.1) is 0 Å². The Morgan fingerprint density at radius 3 is 2.93 bits per heavy atom. The molecule has 14 heavy (non-hydrogen) atoms. The SMILES string of the molecule is C=Cc1ccc(Cl)cc1NCCCO. The van der Waals surface area contributed by atoms with Crippen LogP contribution >= 0.6 is 11.6 Å². The van der Waals surface area contributed by atoms with E-state index in [1.54, 1.807) is 6.08 Å². The minimum atomic E-state index is 0.191. The average Bonchev–Trinajstić information content (AvgIpc) is 2.19. The van der Waals surface area contributed by atoms with E-state index in [0.29, 0.717) is 5.02 Å². The van der Waals surface area contributed by atoms with Gasteiger partial charge in [0.15, 0.2) is 0 Å². The van der Waals surface area contributed by atoms with Crippen molar-refractivity contribution >= 4 is 23.4 Å². The van der Waals surface area contributed by atoms with Crippen molar-refractivity contribution in [2.45, 2.75) is 6.42 Å². The molecule has 0 bridgehead atoms. The summed E-state index contributed by atoms with van der Waals surface area (Å²) in [5.41, 5.74) is 1.98. The lowest BCUT2D eigenvalue weighted by molar-refractivity contribution is 0.292. The van der Waals surface area contributed by atoms with Gasteiger partial charge in [-0.3, -0.25) is 0 Å². The van der Waals surface area contributed by atoms with Crippen molar-refractivity contribution in [3.63, 3.8) is 0 Å². The first-order valence-electron chi connectivity index (χ1n) is 4.54. The summed E-state index contributed by atoms with van der Waals surface area (Å²) in [4.78, 5) is 0. The van der Waals surface area contributed by atoms with Gasteiger partial charge < -0.3 is 10.4 Å². The van der Waals surface area contributed by atoms with Gasteiger partial charge in [0, 0.05) is 23.9 Å². The fourth-order valence-corrected chi connectivity index (χ4v) is 1.33. The summed E-state index contributed by atoms with van der Waals surface area (Å²) in [6.07, 6.45) is 2.50. The van der Waals surface area contributed by atoms with Gasteiger partial charge in [-0.2, -0.15) is 0 Å². The molecular formula is C11H14ClNO. The van der Waals surface area contributed by atoms with E-state index in [0.717, 1.165) is 24.2 Å². The fraction of sp³-hybridized carbons (Fsp3) is 0.273. The van der Waals surface area contributed by atoms with E-state index in [1.165, 1.54) is 0 Å². The zero-order valence-electron chi connectivity index (χ0n) is 7.96. The van der Waals surface area contributed by atoms with Crippen molar-refractivity contribution in [2.24, 2.45) is 0 Å². The predicted octanol–water partition coefficient (Wildman–Crippen LogP) is 2.78. The van der Waals surface area contributed by atoms with Gasteiger partial charge in [-0.05, 0) is 24.1 Å². The van der Waals surface area contributed by atoms with E-state index in [9.17, 15) is 0 Å². The highest BCUT2D eigenvalue weighted by Crippen LogP contribution is 2.21. The van der Waals surface area contributed by atoms with Crippen LogP contribution in [0.15, 0.2) is 24.8 Å². The van der Waals surface area contributed by atoms with Gasteiger partial charge in [0.1, 0.15) is 0 Å². The largest absolute Gasteiger partial charge is 0.396 e. The first kappa shape index (κ1) is 11.1. The molecule has 1 rings (SSSR count). The number of halogens is 1. The summed E-state index contributed by atoms with van der Waals surface area (Å²) in [6.45, 7) is 4.64. The molecule has 0 aromatic heterocycles. The molecule has 0 aliphatic heterocycles. The molecule has 0 aliphatic rings. The minimum absolute atomic E-state index is 0.191. The van der Waals surface area contributed by atoms with Crippen LogP contribution in [0, 0.1) is 0 Å². The van der Waals surface area contributed by atoms with Crippen LogP contribution < -0.4 is 5.32 Å². The van der Waals surface area contributed by atoms with E-state index in [-0.39, 0.29) is 6.61 Å². The number of hydrogen-bond donors (Lipinski definition) is 2. The molecule has 1 aromatic carbocycles. The van der Waals surface area contributed by atoms with Crippen LogP contribution in [0.2, 0.25) is 5.02 Å². The molecule has 2 N–H and O–H groups in total. The first-order valence-corrected chi connectivity index (χ1v) is 4.92. The van der Waals surface area contributed by atoms with Crippen molar-refractivity contribution in [3.05, 3.63) is 35.4 Å². The molecule has 0 atom stereocenters. The van der Waals surface area contributed by atoms with Crippen LogP contribution in [0.3, 0.4) is 0 Å². The molecule has 0 aliphatic carbocycles. The van der Waals surface area contributed by atoms with Gasteiger partial charge in [0.2, 0.25) is 0 Å². The van der Waals surface area contributed by atoms with Crippen LogP contribution in [-0.2, 0) is 0 Å². The lowest BCUT2D eigenvalue weighted by atomic mass is 10.2. The summed E-state index contributed by atoms with van der Waals surface area (Å²) in [7, 11) is 0. The molecule has 0 spiro atoms. The Morgan fingerprint density at radius 1 is 1.50 bits per heavy atom. The van der Waals surface area contributed by atoms with Crippen molar-refractivity contribution in [3.8, 4) is 0 Å². The van der Waals surface area contributed by atoms with Gasteiger partial charge >= 0.3 is 0 Å². The number of aliphatic hydroxyl groups is 1. The monoisotopic (exact) mass is 211 g/mol. The maximum Gasteiger partial charge on any atom is 0.0447 e. The van der Waals surface area contributed by atoms with E-state index in [4.69, 9.17) is 16.7 Å². The maximum atomic E-state index is 8.64. The first-order chi connectivity index (χ1) is 6.77. The lowest BCUT2D eigenvalue weighted by Crippen LogP contribution is -2.04. The number of anilines is 1. The van der Waals surface area contributed by atoms with E-state index >= 15 is 0 Å². The van der Waals surface area contributed by atoms with E-state index < -0.39 is 0 Å². The zero-order valence-corrected chi connectivity index (χ0v) is 8.72. The third-order valence-electron chi connectivity index (χ3n) is 1.89. The number of benzene rings is 1. The van der Waals surface area contributed by atoms with Crippen LogP contribution in [0.5, 0.6) is 0 Å². The van der Waals surface area contributed by atoms with Crippen LogP contribution in [0.1, 0.15) is 12.0 Å². The molecular weight excluding hydrogens is 198 g/mol. The molecule has 0 saturated carbocycles. The van der Waals surface area contributed by atoms with Gasteiger partial charge in [0.05, 0.1) is 0 Å². The maximum absolute atomic E-state index is 8.64. The second-order valence-corrected chi connectivity index (χ2v) is 3.38. The van der Waals surface area contributed by atoms with Crippen molar-refractivity contribution in [2.75, 3.05) is 18.5 Å². The number of nitrogens with one attached hydrogen (secondary N) is 1. The second kappa shape index (κ2) is 5.68. The van der Waals surface area contributed by atoms with Gasteiger partial charge in [-0.1, -0.05) is 30.3 Å². The quantitative estimate of drug-likeness (QED) is 0.735. The Morgan fingerprint density at radius 2 is 2.29 bits per heavy atom. The smallest absolute Gasteiger partial charge is 0.0447 e. The number of hydrogen-bond acceptors (Lipinski definition) is 2. The lowest BCUT2D eigenvalue weighted by Gasteiger charge is -2.09. The molecule has 0 heterocycles. The highest BCUT2D eigenvalue weighted by Gasteiger charge is 1.99. The minimum Gasteiger partial charge on any atom is -0.396 e. The third kappa shape index (κ3) is 3.05. The second-order valence-electron chi connectivity index (χ2n) is 2.94. The Kier molecular flexibility index (Phi) is 4.50. The topological polar surface area (TPSA) is 32.3 Å². The summed E-state index contributed by atoms with van der Waals surface area (Å²) in [5, 5.41) is 12.5. The normalized spacial score (nSPS) is 9.86. The Hall–Kier alpha value is -0.990. The highest BCUT2D eigenvalue weighted by molar-refractivity contribution is 6.30. The molecule has 0 radical (unpaired) electrons. The zero-order chi connectivity index (χ0) is 10.4. The molecule has 0 unspecified atom stereocenters. The van der Waals surface area contributed by atoms with Gasteiger partial charge in [0.25, 0.3) is 0 Å². The number of aliphatic hydroxyl groups excluding tert-OH is 1. The Bertz CT molecular complexity index is 312. The molecule has 1 aromatic rings. The van der Waals surface area contributed by atoms with Crippen molar-refractivity contribution in [1.82, 2.24) is 0 Å². The Balaban J connectivity index is 2.72. The van der Waals surface area contributed by atoms with Crippen molar-refractivity contribution < 1.29 is 5.11 Å². The fourth-order valence-electron chi connectivity index (χ4n) is 1.16. The molecule has 2 nitrogen and oxygen atoms in total. The summed E-state index contributed by atoms with van der Waals surface area (Å²) in [5.74, 6) is 0. The standard InChI is InChI=1S/C11H14ClNO/c1-2-9-4-5-10(12)8-11(9)13-6-3-7-14/h2,4-5,8,13-14H,1,3,6-7H2.